The van der Waals surface area contributed by atoms with Gasteiger partial charge in [-0.3, -0.25) is 0 Å². The number of hydrogen-bond donors (Lipinski definition) is 0. The van der Waals surface area contributed by atoms with Crippen molar-refractivity contribution in [3.63, 3.8) is 0 Å². The van der Waals surface area contributed by atoms with Gasteiger partial charge in [0.25, 0.3) is 0 Å². The van der Waals surface area contributed by atoms with E-state index in [1.807, 2.05) is 44.2 Å². The summed E-state index contributed by atoms with van der Waals surface area (Å²) < 4.78 is 5.67. The first kappa shape index (κ1) is 20.7. The van der Waals surface area contributed by atoms with E-state index in [-0.39, 0.29) is 37.2 Å². The molecule has 1 heterocycles. The number of benzene rings is 2. The zero-order valence-corrected chi connectivity index (χ0v) is 19.6. The molecule has 1 aromatic heterocycles. The fourth-order valence-electron chi connectivity index (χ4n) is 2.43. The van der Waals surface area contributed by atoms with Crippen molar-refractivity contribution in [1.29, 1.82) is 5.26 Å². The average molecular weight is 585 g/mol. The summed E-state index contributed by atoms with van der Waals surface area (Å²) in [6.45, 7) is 7.81. The second-order valence-electron chi connectivity index (χ2n) is 5.71. The predicted octanol–water partition coefficient (Wildman–Crippen LogP) is 4.71. The number of nitriles is 1. The minimum Gasteiger partial charge on any atom is -0.490 e. The number of ether oxygens (including phenoxy) is 1. The van der Waals surface area contributed by atoms with Gasteiger partial charge in [0, 0.05) is 5.56 Å². The third-order valence-electron chi connectivity index (χ3n) is 3.56. The Balaban J connectivity index is 0.00000243. The number of aromatic nitrogens is 2. The maximum absolute atomic E-state index is 9.38. The van der Waals surface area contributed by atoms with Crippen LogP contribution in [0, 0.1) is 55.4 Å². The largest absolute Gasteiger partial charge is 2.00 e. The smallest absolute Gasteiger partial charge is 0.490 e. The van der Waals surface area contributed by atoms with Crippen LogP contribution in [0.4, 0.5) is 0 Å². The first-order chi connectivity index (χ1) is 12.1. The molecule has 0 aliphatic heterocycles. The zero-order valence-electron chi connectivity index (χ0n) is 14.6. The Kier molecular flexibility index (Phi) is 7.41. The molecule has 128 valence electrons. The van der Waals surface area contributed by atoms with Crippen LogP contribution in [-0.4, -0.2) is 16.3 Å². The van der Waals surface area contributed by atoms with Gasteiger partial charge in [0.05, 0.1) is 16.7 Å². The van der Waals surface area contributed by atoms with Crippen molar-refractivity contribution in [1.82, 2.24) is 10.2 Å². The molecule has 2 aromatic carbocycles. The van der Waals surface area contributed by atoms with Crippen LogP contribution in [0.3, 0.4) is 0 Å². The number of rotatable bonds is 5. The maximum Gasteiger partial charge on any atom is 2.00 e. The second kappa shape index (κ2) is 9.33. The van der Waals surface area contributed by atoms with Crippen LogP contribution in [0.2, 0.25) is 0 Å². The van der Waals surface area contributed by atoms with Crippen molar-refractivity contribution in [2.45, 2.75) is 26.4 Å². The molecule has 0 radical (unpaired) electrons. The summed E-state index contributed by atoms with van der Waals surface area (Å²) in [5.41, 5.74) is 3.37. The summed E-state index contributed by atoms with van der Waals surface area (Å²) in [4.78, 5) is 0. The monoisotopic (exact) mass is 585 g/mol. The molecule has 0 amide bonds. The van der Waals surface area contributed by atoms with Gasteiger partial charge >= 0.3 is 31.1 Å². The molecule has 0 N–H and O–H groups in total. The van der Waals surface area contributed by atoms with Gasteiger partial charge < -0.3 is 11.7 Å². The normalized spacial score (nSPS) is 10.3. The van der Waals surface area contributed by atoms with Crippen molar-refractivity contribution in [3.05, 3.63) is 60.5 Å². The summed E-state index contributed by atoms with van der Waals surface area (Å²) in [5, 5.41) is 19.6. The SMILES string of the molecule is [CH2-]Cc1[c-]cccc1-c1nnc(-c2ccc(OC(C)C)c(C#N)c2)s1.[U+2]. The minimum atomic E-state index is 0. The van der Waals surface area contributed by atoms with E-state index in [1.165, 1.54) is 11.3 Å². The van der Waals surface area contributed by atoms with E-state index in [0.29, 0.717) is 17.7 Å². The molecule has 3 rings (SSSR count). The third kappa shape index (κ3) is 4.54. The molecule has 0 saturated heterocycles. The molecule has 0 atom stereocenters. The molecule has 0 saturated carbocycles. The Bertz CT molecular complexity index is 931. The Morgan fingerprint density at radius 2 is 2.04 bits per heavy atom. The van der Waals surface area contributed by atoms with Crippen LogP contribution in [-0.2, 0) is 6.42 Å². The summed E-state index contributed by atoms with van der Waals surface area (Å²) in [5.74, 6) is 0.586. The van der Waals surface area contributed by atoms with E-state index in [1.54, 1.807) is 6.07 Å². The Hall–Kier alpha value is -1.66. The van der Waals surface area contributed by atoms with Crippen LogP contribution < -0.4 is 4.74 Å². The van der Waals surface area contributed by atoms with Crippen molar-refractivity contribution in [2.24, 2.45) is 0 Å². The van der Waals surface area contributed by atoms with Gasteiger partial charge in [0.2, 0.25) is 0 Å². The average Bonchev–Trinajstić information content (AvgIpc) is 3.11. The molecule has 0 unspecified atom stereocenters. The Morgan fingerprint density at radius 3 is 2.73 bits per heavy atom. The molecule has 0 aliphatic rings. The summed E-state index contributed by atoms with van der Waals surface area (Å²) in [6.07, 6.45) is 0.659. The van der Waals surface area contributed by atoms with Crippen LogP contribution in [0.5, 0.6) is 5.75 Å². The molecule has 3 aromatic rings. The first-order valence-electron chi connectivity index (χ1n) is 7.96. The van der Waals surface area contributed by atoms with Crippen molar-refractivity contribution in [2.75, 3.05) is 0 Å². The molecular formula is C20H17N3OSU. The molecule has 26 heavy (non-hydrogen) atoms. The topological polar surface area (TPSA) is 58.8 Å². The van der Waals surface area contributed by atoms with Gasteiger partial charge in [0.15, 0.2) is 0 Å². The maximum atomic E-state index is 9.38. The van der Waals surface area contributed by atoms with E-state index < -0.39 is 0 Å². The molecule has 4 nitrogen and oxygen atoms in total. The minimum absolute atomic E-state index is 0. The van der Waals surface area contributed by atoms with E-state index >= 15 is 0 Å². The molecule has 6 heteroatoms. The van der Waals surface area contributed by atoms with Crippen molar-refractivity contribution < 1.29 is 35.9 Å². The zero-order chi connectivity index (χ0) is 17.8. The molecular weight excluding hydrogens is 568 g/mol. The van der Waals surface area contributed by atoms with Gasteiger partial charge in [-0.15, -0.1) is 16.4 Å². The second-order valence-corrected chi connectivity index (χ2v) is 6.69. The fourth-order valence-corrected chi connectivity index (χ4v) is 3.33. The van der Waals surface area contributed by atoms with Gasteiger partial charge in [-0.1, -0.05) is 5.56 Å². The molecule has 0 spiro atoms. The molecule has 0 aliphatic carbocycles. The Labute approximate surface area is 181 Å². The van der Waals surface area contributed by atoms with E-state index in [9.17, 15) is 5.26 Å². The third-order valence-corrected chi connectivity index (χ3v) is 4.56. The summed E-state index contributed by atoms with van der Waals surface area (Å²) >= 11 is 1.49. The van der Waals surface area contributed by atoms with E-state index in [2.05, 4.69) is 29.3 Å². The van der Waals surface area contributed by atoms with Gasteiger partial charge in [0.1, 0.15) is 16.8 Å². The van der Waals surface area contributed by atoms with Crippen LogP contribution in [0.15, 0.2) is 36.4 Å². The van der Waals surface area contributed by atoms with Crippen LogP contribution in [0.25, 0.3) is 21.1 Å². The van der Waals surface area contributed by atoms with Crippen LogP contribution >= 0.6 is 11.3 Å². The first-order valence-corrected chi connectivity index (χ1v) is 8.78. The van der Waals surface area contributed by atoms with Crippen molar-refractivity contribution in [3.8, 4) is 33.0 Å². The quantitative estimate of drug-likeness (QED) is 0.408. The fraction of sp³-hybridized carbons (Fsp3) is 0.200. The number of nitrogens with zero attached hydrogens (tertiary/aromatic N) is 3. The Morgan fingerprint density at radius 1 is 1.27 bits per heavy atom. The molecule has 0 fully saturated rings. The van der Waals surface area contributed by atoms with Crippen LogP contribution in [0.1, 0.15) is 25.0 Å². The molecule has 0 bridgehead atoms. The van der Waals surface area contributed by atoms with E-state index in [0.717, 1.165) is 26.7 Å². The van der Waals surface area contributed by atoms with Gasteiger partial charge in [-0.25, -0.2) is 0 Å². The summed E-state index contributed by atoms with van der Waals surface area (Å²) in [7, 11) is 0. The standard InChI is InChI=1S/C20H17N3OS.U/c1-4-14-7-5-6-8-17(14)20-23-22-19(25-20)15-9-10-18(24-13(2)3)16(11-15)12-21;/h5-6,8-11,13H,1,4H2,2-3H3;/q-2;+2. The van der Waals surface area contributed by atoms with Gasteiger partial charge in [-0.05, 0) is 32.0 Å². The van der Waals surface area contributed by atoms with Crippen molar-refractivity contribution >= 4 is 11.3 Å². The van der Waals surface area contributed by atoms with Gasteiger partial charge in [-0.2, -0.15) is 46.6 Å². The van der Waals surface area contributed by atoms with E-state index in [4.69, 9.17) is 4.74 Å². The predicted molar refractivity (Wildman–Crippen MR) is 99.2 cm³/mol. The summed E-state index contributed by atoms with van der Waals surface area (Å²) in [6, 6.07) is 16.7. The number of hydrogen-bond acceptors (Lipinski definition) is 5.